The molecule has 1 N–H and O–H groups in total. The monoisotopic (exact) mass is 271 g/mol. The molecule has 3 heteroatoms. The summed E-state index contributed by atoms with van der Waals surface area (Å²) >= 11 is 8.15. The van der Waals surface area contributed by atoms with Gasteiger partial charge in [0.05, 0.1) is 5.38 Å². The first-order valence-corrected chi connectivity index (χ1v) is 7.74. The third-order valence-electron chi connectivity index (χ3n) is 2.33. The summed E-state index contributed by atoms with van der Waals surface area (Å²) in [6.07, 6.45) is 0. The fourth-order valence-corrected chi connectivity index (χ4v) is 2.76. The minimum absolute atomic E-state index is 0.225. The molecule has 0 aliphatic carbocycles. The summed E-state index contributed by atoms with van der Waals surface area (Å²) in [6, 6.07) is 10.5. The summed E-state index contributed by atoms with van der Waals surface area (Å²) in [6.45, 7) is 6.37. The molecule has 0 bridgehead atoms. The van der Waals surface area contributed by atoms with E-state index >= 15 is 0 Å². The topological polar surface area (TPSA) is 12.0 Å². The van der Waals surface area contributed by atoms with Gasteiger partial charge >= 0.3 is 0 Å². The molecule has 1 aromatic rings. The molecule has 0 aliphatic heterocycles. The van der Waals surface area contributed by atoms with Crippen LogP contribution >= 0.6 is 23.4 Å². The third-order valence-corrected chi connectivity index (χ3v) is 4.00. The number of halogens is 1. The van der Waals surface area contributed by atoms with Crippen molar-refractivity contribution < 1.29 is 0 Å². The first-order chi connectivity index (χ1) is 8.18. The lowest BCUT2D eigenvalue weighted by Crippen LogP contribution is -2.28. The molecule has 0 aliphatic rings. The number of hydrogen-bond donors (Lipinski definition) is 1. The van der Waals surface area contributed by atoms with Crippen LogP contribution in [0.25, 0.3) is 0 Å². The molecule has 0 spiro atoms. The Balaban J connectivity index is 2.06. The van der Waals surface area contributed by atoms with Crippen molar-refractivity contribution in [1.29, 1.82) is 0 Å². The molecule has 0 radical (unpaired) electrons. The van der Waals surface area contributed by atoms with E-state index in [1.807, 2.05) is 17.8 Å². The van der Waals surface area contributed by atoms with Crippen LogP contribution in [0.2, 0.25) is 0 Å². The van der Waals surface area contributed by atoms with E-state index in [9.17, 15) is 0 Å². The Kier molecular flexibility index (Phi) is 7.74. The van der Waals surface area contributed by atoms with Gasteiger partial charge in [-0.2, -0.15) is 11.8 Å². The van der Waals surface area contributed by atoms with Crippen LogP contribution in [0.1, 0.15) is 19.4 Å². The van der Waals surface area contributed by atoms with Crippen molar-refractivity contribution in [2.75, 3.05) is 18.8 Å². The van der Waals surface area contributed by atoms with Gasteiger partial charge in [-0.1, -0.05) is 44.2 Å². The predicted molar refractivity (Wildman–Crippen MR) is 80.0 cm³/mol. The van der Waals surface area contributed by atoms with E-state index in [0.717, 1.165) is 24.6 Å². The molecule has 1 atom stereocenters. The normalized spacial score (nSPS) is 12.9. The lowest BCUT2D eigenvalue weighted by atomic mass is 10.2. The maximum Gasteiger partial charge on any atom is 0.0551 e. The minimum atomic E-state index is 0.225. The lowest BCUT2D eigenvalue weighted by molar-refractivity contribution is 0.553. The first-order valence-electron chi connectivity index (χ1n) is 6.15. The zero-order chi connectivity index (χ0) is 12.5. The molecule has 0 amide bonds. The van der Waals surface area contributed by atoms with Crippen LogP contribution in [-0.2, 0) is 5.75 Å². The maximum atomic E-state index is 6.25. The van der Waals surface area contributed by atoms with Gasteiger partial charge in [0.1, 0.15) is 0 Å². The summed E-state index contributed by atoms with van der Waals surface area (Å²) in [5.74, 6) is 2.74. The van der Waals surface area contributed by atoms with Crippen LogP contribution in [0.3, 0.4) is 0 Å². The Morgan fingerprint density at radius 2 is 1.88 bits per heavy atom. The van der Waals surface area contributed by atoms with Crippen LogP contribution in [0.15, 0.2) is 30.3 Å². The SMILES string of the molecule is CC(C)CNCC(Cl)CSCc1ccccc1. The average molecular weight is 272 g/mol. The van der Waals surface area contributed by atoms with E-state index in [2.05, 4.69) is 43.4 Å². The van der Waals surface area contributed by atoms with Crippen molar-refractivity contribution in [3.63, 3.8) is 0 Å². The molecule has 0 aromatic heterocycles. The van der Waals surface area contributed by atoms with E-state index in [0.29, 0.717) is 5.92 Å². The van der Waals surface area contributed by atoms with Gasteiger partial charge in [-0.3, -0.25) is 0 Å². The van der Waals surface area contributed by atoms with E-state index in [1.165, 1.54) is 5.56 Å². The van der Waals surface area contributed by atoms with Crippen LogP contribution in [0.4, 0.5) is 0 Å². The van der Waals surface area contributed by atoms with Crippen molar-refractivity contribution >= 4 is 23.4 Å². The highest BCUT2D eigenvalue weighted by Gasteiger charge is 2.04. The van der Waals surface area contributed by atoms with Gasteiger partial charge in [-0.25, -0.2) is 0 Å². The van der Waals surface area contributed by atoms with E-state index in [1.54, 1.807) is 0 Å². The summed E-state index contributed by atoms with van der Waals surface area (Å²) in [5, 5.41) is 3.61. The van der Waals surface area contributed by atoms with E-state index in [-0.39, 0.29) is 5.38 Å². The second-order valence-electron chi connectivity index (χ2n) is 4.65. The average Bonchev–Trinajstić information content (AvgIpc) is 2.30. The number of thioether (sulfide) groups is 1. The Morgan fingerprint density at radius 1 is 1.18 bits per heavy atom. The van der Waals surface area contributed by atoms with Gasteiger partial charge in [0.25, 0.3) is 0 Å². The lowest BCUT2D eigenvalue weighted by Gasteiger charge is -2.12. The highest BCUT2D eigenvalue weighted by atomic mass is 35.5. The number of benzene rings is 1. The van der Waals surface area contributed by atoms with Crippen molar-refractivity contribution in [1.82, 2.24) is 5.32 Å². The number of rotatable bonds is 8. The molecule has 1 rings (SSSR count). The van der Waals surface area contributed by atoms with Gasteiger partial charge in [0.2, 0.25) is 0 Å². The minimum Gasteiger partial charge on any atom is -0.315 e. The number of alkyl halides is 1. The molecule has 1 aromatic carbocycles. The van der Waals surface area contributed by atoms with E-state index in [4.69, 9.17) is 11.6 Å². The van der Waals surface area contributed by atoms with Crippen LogP contribution < -0.4 is 5.32 Å². The zero-order valence-corrected chi connectivity index (χ0v) is 12.2. The fourth-order valence-electron chi connectivity index (χ4n) is 1.47. The number of hydrogen-bond acceptors (Lipinski definition) is 2. The van der Waals surface area contributed by atoms with Crippen LogP contribution in [0.5, 0.6) is 0 Å². The van der Waals surface area contributed by atoms with Crippen LogP contribution in [-0.4, -0.2) is 24.2 Å². The molecule has 1 nitrogen and oxygen atoms in total. The molecule has 0 fully saturated rings. The van der Waals surface area contributed by atoms with Crippen molar-refractivity contribution in [2.45, 2.75) is 25.0 Å². The second-order valence-corrected chi connectivity index (χ2v) is 6.30. The van der Waals surface area contributed by atoms with Crippen LogP contribution in [0, 0.1) is 5.92 Å². The molecule has 17 heavy (non-hydrogen) atoms. The van der Waals surface area contributed by atoms with Gasteiger partial charge in [-0.05, 0) is 18.0 Å². The zero-order valence-electron chi connectivity index (χ0n) is 10.7. The second kappa shape index (κ2) is 8.84. The summed E-state index contributed by atoms with van der Waals surface area (Å²) in [5.41, 5.74) is 1.37. The van der Waals surface area contributed by atoms with Gasteiger partial charge in [-0.15, -0.1) is 11.6 Å². The molecule has 0 saturated heterocycles. The Morgan fingerprint density at radius 3 is 2.53 bits per heavy atom. The van der Waals surface area contributed by atoms with Crippen molar-refractivity contribution in [3.8, 4) is 0 Å². The van der Waals surface area contributed by atoms with Gasteiger partial charge in [0.15, 0.2) is 0 Å². The van der Waals surface area contributed by atoms with Crippen molar-refractivity contribution in [3.05, 3.63) is 35.9 Å². The maximum absolute atomic E-state index is 6.25. The summed E-state index contributed by atoms with van der Waals surface area (Å²) < 4.78 is 0. The molecule has 0 saturated carbocycles. The summed E-state index contributed by atoms with van der Waals surface area (Å²) in [7, 11) is 0. The Hall–Kier alpha value is -0.180. The van der Waals surface area contributed by atoms with E-state index < -0.39 is 0 Å². The van der Waals surface area contributed by atoms with Gasteiger partial charge < -0.3 is 5.32 Å². The fraction of sp³-hybridized carbons (Fsp3) is 0.571. The smallest absolute Gasteiger partial charge is 0.0551 e. The largest absolute Gasteiger partial charge is 0.315 e. The van der Waals surface area contributed by atoms with Crippen molar-refractivity contribution in [2.24, 2.45) is 5.92 Å². The number of nitrogens with one attached hydrogen (secondary N) is 1. The molecule has 96 valence electrons. The highest BCUT2D eigenvalue weighted by molar-refractivity contribution is 7.98. The Labute approximate surface area is 114 Å². The predicted octanol–water partition coefficient (Wildman–Crippen LogP) is 3.77. The molecule has 0 heterocycles. The quantitative estimate of drug-likeness (QED) is 0.723. The third kappa shape index (κ3) is 7.69. The molecular weight excluding hydrogens is 250 g/mol. The van der Waals surface area contributed by atoms with Gasteiger partial charge in [0, 0.05) is 18.1 Å². The molecule has 1 unspecified atom stereocenters. The standard InChI is InChI=1S/C14H22ClNS/c1-12(2)8-16-9-14(15)11-17-10-13-6-4-3-5-7-13/h3-7,12,14,16H,8-11H2,1-2H3. The highest BCUT2D eigenvalue weighted by Crippen LogP contribution is 2.14. The summed E-state index contributed by atoms with van der Waals surface area (Å²) in [4.78, 5) is 0. The Bertz CT molecular complexity index is 290. The first kappa shape index (κ1) is 14.9. The molecular formula is C14H22ClNS.